The molecule has 1 aromatic rings. The maximum absolute atomic E-state index is 12.2. The van der Waals surface area contributed by atoms with Gasteiger partial charge in [-0.1, -0.05) is 41.6 Å². The van der Waals surface area contributed by atoms with Crippen LogP contribution in [0.4, 0.5) is 13.2 Å². The van der Waals surface area contributed by atoms with Gasteiger partial charge in [0.2, 0.25) is 0 Å². The standard InChI is InChI=1S/C8H4ClF3S2/c9-7(13)14-6-3-1-2-5(4-6)8(10,11)12/h1-4H. The molecule has 0 aliphatic carbocycles. The van der Waals surface area contributed by atoms with Crippen LogP contribution in [-0.4, -0.2) is 3.66 Å². The lowest BCUT2D eigenvalue weighted by atomic mass is 10.2. The molecule has 0 atom stereocenters. The first-order valence-electron chi connectivity index (χ1n) is 3.44. The summed E-state index contributed by atoms with van der Waals surface area (Å²) in [4.78, 5) is 0.389. The Morgan fingerprint density at radius 3 is 2.50 bits per heavy atom. The van der Waals surface area contributed by atoms with Gasteiger partial charge in [0.15, 0.2) is 0 Å². The van der Waals surface area contributed by atoms with Gasteiger partial charge < -0.3 is 0 Å². The lowest BCUT2D eigenvalue weighted by Crippen LogP contribution is -2.04. The summed E-state index contributed by atoms with van der Waals surface area (Å²) in [5.74, 6) is 0. The molecule has 0 bridgehead atoms. The third kappa shape index (κ3) is 3.48. The van der Waals surface area contributed by atoms with E-state index in [-0.39, 0.29) is 3.66 Å². The van der Waals surface area contributed by atoms with Gasteiger partial charge in [0.1, 0.15) is 3.66 Å². The largest absolute Gasteiger partial charge is 0.416 e. The molecule has 0 spiro atoms. The Bertz CT molecular complexity index is 349. The van der Waals surface area contributed by atoms with Crippen molar-refractivity contribution in [3.63, 3.8) is 0 Å². The van der Waals surface area contributed by atoms with Crippen molar-refractivity contribution in [2.75, 3.05) is 0 Å². The van der Waals surface area contributed by atoms with Gasteiger partial charge in [-0.25, -0.2) is 0 Å². The summed E-state index contributed by atoms with van der Waals surface area (Å²) in [5, 5.41) is 0. The molecule has 0 N–H and O–H groups in total. The quantitative estimate of drug-likeness (QED) is 0.417. The number of thioether (sulfide) groups is 1. The molecule has 0 aliphatic rings. The second-order valence-electron chi connectivity index (χ2n) is 2.37. The van der Waals surface area contributed by atoms with Crippen molar-refractivity contribution in [1.29, 1.82) is 0 Å². The summed E-state index contributed by atoms with van der Waals surface area (Å²) >= 11 is 10.9. The molecule has 0 heterocycles. The number of alkyl halides is 3. The molecule has 0 saturated heterocycles. The summed E-state index contributed by atoms with van der Waals surface area (Å²) in [6.45, 7) is 0. The Hall–Kier alpha value is -0.260. The highest BCUT2D eigenvalue weighted by molar-refractivity contribution is 8.26. The van der Waals surface area contributed by atoms with Crippen LogP contribution in [-0.2, 0) is 6.18 Å². The molecule has 6 heteroatoms. The van der Waals surface area contributed by atoms with E-state index in [2.05, 4.69) is 12.2 Å². The van der Waals surface area contributed by atoms with Gasteiger partial charge in [0.25, 0.3) is 0 Å². The van der Waals surface area contributed by atoms with Gasteiger partial charge in [0.05, 0.1) is 5.56 Å². The normalized spacial score (nSPS) is 11.4. The van der Waals surface area contributed by atoms with E-state index in [1.54, 1.807) is 0 Å². The molecule has 0 nitrogen and oxygen atoms in total. The second kappa shape index (κ2) is 4.51. The van der Waals surface area contributed by atoms with Gasteiger partial charge in [0, 0.05) is 4.90 Å². The first-order valence-corrected chi connectivity index (χ1v) is 5.04. The minimum Gasteiger partial charge on any atom is -0.166 e. The van der Waals surface area contributed by atoms with Crippen LogP contribution >= 0.6 is 35.6 Å². The molecular weight excluding hydrogens is 253 g/mol. The zero-order chi connectivity index (χ0) is 10.8. The average Bonchev–Trinajstić information content (AvgIpc) is 2.01. The van der Waals surface area contributed by atoms with Gasteiger partial charge >= 0.3 is 6.18 Å². The van der Waals surface area contributed by atoms with Crippen molar-refractivity contribution in [3.8, 4) is 0 Å². The maximum atomic E-state index is 12.2. The predicted octanol–water partition coefficient (Wildman–Crippen LogP) is 4.32. The Morgan fingerprint density at radius 2 is 2.00 bits per heavy atom. The highest BCUT2D eigenvalue weighted by Crippen LogP contribution is 2.32. The third-order valence-corrected chi connectivity index (χ3v) is 2.49. The van der Waals surface area contributed by atoms with Gasteiger partial charge in [-0.3, -0.25) is 0 Å². The van der Waals surface area contributed by atoms with Crippen LogP contribution in [0, 0.1) is 0 Å². The molecule has 1 rings (SSSR count). The van der Waals surface area contributed by atoms with Crippen molar-refractivity contribution in [1.82, 2.24) is 0 Å². The molecule has 0 radical (unpaired) electrons. The first kappa shape index (κ1) is 11.8. The Balaban J connectivity index is 2.95. The van der Waals surface area contributed by atoms with E-state index >= 15 is 0 Å². The molecular formula is C8H4ClF3S2. The lowest BCUT2D eigenvalue weighted by Gasteiger charge is -2.07. The lowest BCUT2D eigenvalue weighted by molar-refractivity contribution is -0.137. The highest BCUT2D eigenvalue weighted by atomic mass is 35.5. The van der Waals surface area contributed by atoms with Crippen LogP contribution in [0.25, 0.3) is 0 Å². The van der Waals surface area contributed by atoms with E-state index in [4.69, 9.17) is 11.6 Å². The molecule has 0 aromatic heterocycles. The Labute approximate surface area is 93.4 Å². The van der Waals surface area contributed by atoms with Gasteiger partial charge in [-0.05, 0) is 18.2 Å². The van der Waals surface area contributed by atoms with Crippen molar-refractivity contribution in [3.05, 3.63) is 29.8 Å². The third-order valence-electron chi connectivity index (χ3n) is 1.36. The number of hydrogen-bond acceptors (Lipinski definition) is 2. The minimum absolute atomic E-state index is 0.0734. The van der Waals surface area contributed by atoms with Crippen molar-refractivity contribution >= 4 is 39.2 Å². The van der Waals surface area contributed by atoms with Crippen molar-refractivity contribution in [2.45, 2.75) is 11.1 Å². The Kier molecular flexibility index (Phi) is 3.80. The first-order chi connectivity index (χ1) is 6.39. The van der Waals surface area contributed by atoms with Crippen LogP contribution in [0.5, 0.6) is 0 Å². The van der Waals surface area contributed by atoms with E-state index in [0.29, 0.717) is 4.90 Å². The zero-order valence-electron chi connectivity index (χ0n) is 6.64. The molecule has 0 saturated carbocycles. The summed E-state index contributed by atoms with van der Waals surface area (Å²) in [6, 6.07) is 4.86. The summed E-state index contributed by atoms with van der Waals surface area (Å²) < 4.78 is 36.8. The molecule has 0 aliphatic heterocycles. The zero-order valence-corrected chi connectivity index (χ0v) is 9.03. The van der Waals surface area contributed by atoms with Gasteiger partial charge in [-0.15, -0.1) is 0 Å². The second-order valence-corrected chi connectivity index (χ2v) is 4.94. The molecule has 0 amide bonds. The fourth-order valence-corrected chi connectivity index (χ4v) is 1.90. The maximum Gasteiger partial charge on any atom is 0.416 e. The van der Waals surface area contributed by atoms with Crippen LogP contribution in [0.2, 0.25) is 0 Å². The SMILES string of the molecule is FC(F)(F)c1cccc(SC(=S)Cl)c1. The molecule has 14 heavy (non-hydrogen) atoms. The minimum atomic E-state index is -4.33. The van der Waals surface area contributed by atoms with E-state index in [0.717, 1.165) is 23.9 Å². The van der Waals surface area contributed by atoms with Crippen LogP contribution in [0.15, 0.2) is 29.2 Å². The topological polar surface area (TPSA) is 0 Å². The number of hydrogen-bond donors (Lipinski definition) is 0. The smallest absolute Gasteiger partial charge is 0.166 e. The average molecular weight is 257 g/mol. The van der Waals surface area contributed by atoms with Crippen LogP contribution < -0.4 is 0 Å². The predicted molar refractivity (Wildman–Crippen MR) is 55.8 cm³/mol. The van der Waals surface area contributed by atoms with E-state index in [1.165, 1.54) is 12.1 Å². The summed E-state index contributed by atoms with van der Waals surface area (Å²) in [6.07, 6.45) is -4.33. The Morgan fingerprint density at radius 1 is 1.36 bits per heavy atom. The monoisotopic (exact) mass is 256 g/mol. The van der Waals surface area contributed by atoms with E-state index in [1.807, 2.05) is 0 Å². The number of benzene rings is 1. The fourth-order valence-electron chi connectivity index (χ4n) is 0.829. The van der Waals surface area contributed by atoms with Crippen LogP contribution in [0.3, 0.4) is 0 Å². The van der Waals surface area contributed by atoms with Crippen LogP contribution in [0.1, 0.15) is 5.56 Å². The van der Waals surface area contributed by atoms with Gasteiger partial charge in [-0.2, -0.15) is 13.2 Å². The number of thiocarbonyl (C=S) groups is 1. The summed E-state index contributed by atoms with van der Waals surface area (Å²) in [5.41, 5.74) is -0.699. The molecule has 1 aromatic carbocycles. The van der Waals surface area contributed by atoms with E-state index in [9.17, 15) is 13.2 Å². The van der Waals surface area contributed by atoms with Crippen molar-refractivity contribution < 1.29 is 13.2 Å². The highest BCUT2D eigenvalue weighted by Gasteiger charge is 2.30. The van der Waals surface area contributed by atoms with E-state index < -0.39 is 11.7 Å². The fraction of sp³-hybridized carbons (Fsp3) is 0.125. The number of halogens is 4. The molecule has 0 unspecified atom stereocenters. The molecule has 0 fully saturated rings. The molecule has 76 valence electrons. The summed E-state index contributed by atoms with van der Waals surface area (Å²) in [7, 11) is 0. The van der Waals surface area contributed by atoms with Crippen molar-refractivity contribution in [2.24, 2.45) is 0 Å². The number of rotatable bonds is 1.